The van der Waals surface area contributed by atoms with Gasteiger partial charge in [-0.2, -0.15) is 5.10 Å². The molecule has 1 fully saturated rings. The molecule has 122 valence electrons. The molecule has 0 saturated carbocycles. The molecule has 3 rings (SSSR count). The number of benzene rings is 1. The molecule has 0 atom stereocenters. The quantitative estimate of drug-likeness (QED) is 0.700. The number of nitrogens with zero attached hydrogens (tertiary/aromatic N) is 4. The zero-order valence-electron chi connectivity index (χ0n) is 13.9. The third kappa shape index (κ3) is 3.73. The molecule has 5 nitrogen and oxygen atoms in total. The second kappa shape index (κ2) is 6.86. The molecule has 0 spiro atoms. The van der Waals surface area contributed by atoms with Gasteiger partial charge >= 0.3 is 0 Å². The number of hydrogen-bond donors (Lipinski definition) is 1. The molecule has 2 aromatic rings. The number of guanidine groups is 1. The number of rotatable bonds is 3. The van der Waals surface area contributed by atoms with Crippen LogP contribution in [0.3, 0.4) is 0 Å². The van der Waals surface area contributed by atoms with E-state index < -0.39 is 0 Å². The van der Waals surface area contributed by atoms with E-state index >= 15 is 0 Å². The van der Waals surface area contributed by atoms with E-state index in [0.717, 1.165) is 35.8 Å². The van der Waals surface area contributed by atoms with Crippen LogP contribution in [0, 0.1) is 5.92 Å². The Hall–Kier alpha value is -2.30. The van der Waals surface area contributed by atoms with Crippen LogP contribution >= 0.6 is 0 Å². The number of aryl methyl sites for hydroxylation is 1. The van der Waals surface area contributed by atoms with Crippen molar-refractivity contribution in [2.75, 3.05) is 13.1 Å². The summed E-state index contributed by atoms with van der Waals surface area (Å²) in [6, 6.07) is 10.2. The van der Waals surface area contributed by atoms with Gasteiger partial charge in [-0.1, -0.05) is 37.3 Å². The standard InChI is InChI=1S/C18H25N5/c1-14-8-10-23(11-9-14)18(19)20-12-16-13-22(2)21-17(16)15-6-4-3-5-7-15/h3-7,13-14H,8-12H2,1-2H3,(H2,19,20). The third-order valence-corrected chi connectivity index (χ3v) is 4.47. The topological polar surface area (TPSA) is 59.4 Å². The number of hydrogen-bond acceptors (Lipinski definition) is 2. The van der Waals surface area contributed by atoms with Crippen molar-refractivity contribution in [2.45, 2.75) is 26.3 Å². The van der Waals surface area contributed by atoms with Crippen LogP contribution in [0.2, 0.25) is 0 Å². The van der Waals surface area contributed by atoms with E-state index in [2.05, 4.69) is 34.0 Å². The van der Waals surface area contributed by atoms with E-state index in [4.69, 9.17) is 5.73 Å². The molecule has 1 aliphatic heterocycles. The van der Waals surface area contributed by atoms with E-state index in [1.54, 1.807) is 0 Å². The Morgan fingerprint density at radius 1 is 1.26 bits per heavy atom. The van der Waals surface area contributed by atoms with E-state index in [1.807, 2.05) is 36.1 Å². The first kappa shape index (κ1) is 15.6. The van der Waals surface area contributed by atoms with Crippen molar-refractivity contribution in [3.8, 4) is 11.3 Å². The molecule has 1 aromatic carbocycles. The maximum absolute atomic E-state index is 6.19. The first-order valence-corrected chi connectivity index (χ1v) is 8.26. The number of likely N-dealkylation sites (tertiary alicyclic amines) is 1. The van der Waals surface area contributed by atoms with Gasteiger partial charge in [0.15, 0.2) is 5.96 Å². The van der Waals surface area contributed by atoms with Gasteiger partial charge in [0.05, 0.1) is 12.2 Å². The van der Waals surface area contributed by atoms with Crippen LogP contribution in [0.4, 0.5) is 0 Å². The van der Waals surface area contributed by atoms with Crippen LogP contribution < -0.4 is 5.73 Å². The van der Waals surface area contributed by atoms with Crippen LogP contribution in [-0.2, 0) is 13.6 Å². The molecule has 5 heteroatoms. The van der Waals surface area contributed by atoms with E-state index in [0.29, 0.717) is 12.5 Å². The highest BCUT2D eigenvalue weighted by Crippen LogP contribution is 2.22. The number of aromatic nitrogens is 2. The first-order valence-electron chi connectivity index (χ1n) is 8.26. The van der Waals surface area contributed by atoms with Gasteiger partial charge in [-0.25, -0.2) is 4.99 Å². The second-order valence-corrected chi connectivity index (χ2v) is 6.39. The van der Waals surface area contributed by atoms with Crippen molar-refractivity contribution in [3.63, 3.8) is 0 Å². The van der Waals surface area contributed by atoms with Crippen LogP contribution in [0.25, 0.3) is 11.3 Å². The first-order chi connectivity index (χ1) is 11.1. The largest absolute Gasteiger partial charge is 0.370 e. The Labute approximate surface area is 137 Å². The van der Waals surface area contributed by atoms with Crippen molar-refractivity contribution in [1.82, 2.24) is 14.7 Å². The van der Waals surface area contributed by atoms with Gasteiger partial charge in [-0.05, 0) is 18.8 Å². The molecule has 0 amide bonds. The summed E-state index contributed by atoms with van der Waals surface area (Å²) in [5.41, 5.74) is 9.39. The zero-order valence-corrected chi connectivity index (χ0v) is 13.9. The molecular formula is C18H25N5. The summed E-state index contributed by atoms with van der Waals surface area (Å²) in [6.07, 6.45) is 4.41. The summed E-state index contributed by atoms with van der Waals surface area (Å²) in [6.45, 7) is 4.88. The summed E-state index contributed by atoms with van der Waals surface area (Å²) in [4.78, 5) is 6.80. The second-order valence-electron chi connectivity index (χ2n) is 6.39. The van der Waals surface area contributed by atoms with Crippen molar-refractivity contribution in [3.05, 3.63) is 42.1 Å². The van der Waals surface area contributed by atoms with Crippen LogP contribution in [0.1, 0.15) is 25.3 Å². The van der Waals surface area contributed by atoms with Gasteiger partial charge in [0, 0.05) is 37.5 Å². The fourth-order valence-electron chi connectivity index (χ4n) is 3.00. The lowest BCUT2D eigenvalue weighted by atomic mass is 10.00. The van der Waals surface area contributed by atoms with Gasteiger partial charge in [0.1, 0.15) is 0 Å². The van der Waals surface area contributed by atoms with Gasteiger partial charge in [0.25, 0.3) is 0 Å². The van der Waals surface area contributed by atoms with Gasteiger partial charge in [0.2, 0.25) is 0 Å². The highest BCUT2D eigenvalue weighted by Gasteiger charge is 2.17. The molecule has 2 N–H and O–H groups in total. The van der Waals surface area contributed by atoms with Crippen molar-refractivity contribution in [2.24, 2.45) is 23.7 Å². The van der Waals surface area contributed by atoms with Crippen molar-refractivity contribution >= 4 is 5.96 Å². The maximum atomic E-state index is 6.19. The zero-order chi connectivity index (χ0) is 16.2. The molecule has 1 aromatic heterocycles. The van der Waals surface area contributed by atoms with E-state index in [-0.39, 0.29) is 0 Å². The maximum Gasteiger partial charge on any atom is 0.191 e. The van der Waals surface area contributed by atoms with Gasteiger partial charge in [-0.3, -0.25) is 4.68 Å². The van der Waals surface area contributed by atoms with Crippen LogP contribution in [0.5, 0.6) is 0 Å². The summed E-state index contributed by atoms with van der Waals surface area (Å²) in [7, 11) is 1.94. The minimum absolute atomic E-state index is 0.565. The highest BCUT2D eigenvalue weighted by molar-refractivity contribution is 5.78. The molecular weight excluding hydrogens is 286 g/mol. The highest BCUT2D eigenvalue weighted by atomic mass is 15.3. The minimum atomic E-state index is 0.565. The summed E-state index contributed by atoms with van der Waals surface area (Å²) < 4.78 is 1.84. The summed E-state index contributed by atoms with van der Waals surface area (Å²) in [5.74, 6) is 1.45. The SMILES string of the molecule is CC1CCN(C(N)=NCc2cn(C)nc2-c2ccccc2)CC1. The third-order valence-electron chi connectivity index (χ3n) is 4.47. The molecule has 0 aliphatic carbocycles. The molecule has 23 heavy (non-hydrogen) atoms. The predicted octanol–water partition coefficient (Wildman–Crippen LogP) is 2.63. The van der Waals surface area contributed by atoms with Crippen LogP contribution in [0.15, 0.2) is 41.5 Å². The average Bonchev–Trinajstić information content (AvgIpc) is 2.95. The number of nitrogens with two attached hydrogens (primary N) is 1. The lowest BCUT2D eigenvalue weighted by Crippen LogP contribution is -2.42. The van der Waals surface area contributed by atoms with Crippen LogP contribution in [-0.4, -0.2) is 33.7 Å². The summed E-state index contributed by atoms with van der Waals surface area (Å²) in [5, 5.41) is 4.57. The minimum Gasteiger partial charge on any atom is -0.370 e. The Bertz CT molecular complexity index is 666. The Morgan fingerprint density at radius 2 is 1.96 bits per heavy atom. The normalized spacial score (nSPS) is 16.8. The van der Waals surface area contributed by atoms with Crippen molar-refractivity contribution < 1.29 is 0 Å². The Balaban J connectivity index is 1.74. The molecule has 1 saturated heterocycles. The Morgan fingerprint density at radius 3 is 2.65 bits per heavy atom. The van der Waals surface area contributed by atoms with E-state index in [1.165, 1.54) is 12.8 Å². The lowest BCUT2D eigenvalue weighted by molar-refractivity contribution is 0.277. The number of piperidine rings is 1. The monoisotopic (exact) mass is 311 g/mol. The molecule has 0 bridgehead atoms. The summed E-state index contributed by atoms with van der Waals surface area (Å²) >= 11 is 0. The molecule has 0 unspecified atom stereocenters. The lowest BCUT2D eigenvalue weighted by Gasteiger charge is -2.31. The molecule has 2 heterocycles. The fraction of sp³-hybridized carbons (Fsp3) is 0.444. The average molecular weight is 311 g/mol. The van der Waals surface area contributed by atoms with Gasteiger partial charge < -0.3 is 10.6 Å². The fourth-order valence-corrected chi connectivity index (χ4v) is 3.00. The number of aliphatic imine (C=N–C) groups is 1. The van der Waals surface area contributed by atoms with Gasteiger partial charge in [-0.15, -0.1) is 0 Å². The molecule has 1 aliphatic rings. The Kier molecular flexibility index (Phi) is 4.65. The smallest absolute Gasteiger partial charge is 0.191 e. The van der Waals surface area contributed by atoms with E-state index in [9.17, 15) is 0 Å². The van der Waals surface area contributed by atoms with Crippen molar-refractivity contribution in [1.29, 1.82) is 0 Å². The predicted molar refractivity (Wildman–Crippen MR) is 93.9 cm³/mol. The molecule has 0 radical (unpaired) electrons.